The predicted octanol–water partition coefficient (Wildman–Crippen LogP) is 1.07. The fraction of sp³-hybridized carbons (Fsp3) is 0.400. The zero-order chi connectivity index (χ0) is 15.1. The minimum Gasteiger partial charge on any atom is -0.478 e. The Morgan fingerprint density at radius 2 is 1.06 bits per heavy atom. The van der Waals surface area contributed by atoms with Crippen molar-refractivity contribution in [1.82, 2.24) is 0 Å². The number of carbonyl (C=O) groups excluding carboxylic acids is 2. The monoisotopic (exact) mass is 258 g/mol. The maximum atomic E-state index is 10.5. The summed E-state index contributed by atoms with van der Waals surface area (Å²) in [7, 11) is 0. The van der Waals surface area contributed by atoms with Gasteiger partial charge in [-0.15, -0.1) is 0 Å². The Kier molecular flexibility index (Phi) is 16.7. The van der Waals surface area contributed by atoms with Gasteiger partial charge in [-0.2, -0.15) is 0 Å². The summed E-state index contributed by atoms with van der Waals surface area (Å²) in [4.78, 5) is 37.7. The Balaban J connectivity index is -0.000000315. The van der Waals surface area contributed by atoms with Crippen molar-refractivity contribution >= 4 is 24.1 Å². The van der Waals surface area contributed by atoms with Crippen molar-refractivity contribution in [3.05, 3.63) is 11.1 Å². The highest BCUT2D eigenvalue weighted by atomic mass is 16.4. The van der Waals surface area contributed by atoms with E-state index >= 15 is 0 Å². The largest absolute Gasteiger partial charge is 0.478 e. The normalized spacial score (nSPS) is 9.00. The molecule has 8 nitrogen and oxygen atoms in total. The number of rotatable bonds is 4. The fourth-order valence-corrected chi connectivity index (χ4v) is 0.987. The molecular weight excluding hydrogens is 244 g/mol. The van der Waals surface area contributed by atoms with E-state index in [0.29, 0.717) is 0 Å². The van der Waals surface area contributed by atoms with Gasteiger partial charge in [-0.1, -0.05) is 13.8 Å². The molecule has 0 aliphatic rings. The summed E-state index contributed by atoms with van der Waals surface area (Å²) in [5, 5.41) is 28.0. The molecule has 0 saturated heterocycles. The number of hydrogen-bond donors (Lipinski definition) is 4. The fourth-order valence-electron chi connectivity index (χ4n) is 0.987. The van der Waals surface area contributed by atoms with Gasteiger partial charge in [0, 0.05) is 11.1 Å². The molecule has 0 fully saturated rings. The minimum atomic E-state index is -1.14. The number of carboxylic acids is 2. The molecule has 0 spiro atoms. The van der Waals surface area contributed by atoms with E-state index < -0.39 is 11.9 Å². The van der Waals surface area contributed by atoms with Crippen LogP contribution >= 0.6 is 0 Å². The summed E-state index contributed by atoms with van der Waals surface area (Å²) in [5.41, 5.74) is -0.0185. The summed E-state index contributed by atoms with van der Waals surface area (Å²) in [5.74, 6) is -2.28. The molecule has 0 aromatic heterocycles. The van der Waals surface area contributed by atoms with Crippen molar-refractivity contribution in [2.75, 3.05) is 0 Å². The lowest BCUT2D eigenvalue weighted by Crippen LogP contribution is -2.10. The third-order valence-electron chi connectivity index (χ3n) is 1.59. The van der Waals surface area contributed by atoms with Gasteiger partial charge in [0.1, 0.15) is 0 Å². The van der Waals surface area contributed by atoms with Gasteiger partial charge in [0.15, 0.2) is 0 Å². The van der Waals surface area contributed by atoms with Gasteiger partial charge in [0.25, 0.3) is 0 Å². The first-order valence-corrected chi connectivity index (χ1v) is 4.64. The highest BCUT2D eigenvalue weighted by Crippen LogP contribution is 2.12. The molecule has 0 aromatic rings. The Labute approximate surface area is 103 Å². The minimum absolute atomic E-state index is 0.00926. The molecule has 0 heterocycles. The van der Waals surface area contributed by atoms with Gasteiger partial charge in [0.05, 0.1) is 0 Å². The quantitative estimate of drug-likeness (QED) is 0.335. The van der Waals surface area contributed by atoms with Crippen molar-refractivity contribution in [3.8, 4) is 0 Å². The van der Waals surface area contributed by atoms with Gasteiger partial charge in [0.2, 0.25) is 12.2 Å². The molecule has 0 radical (unpaired) electrons. The van der Waals surface area contributed by atoms with Crippen molar-refractivity contribution in [2.24, 2.45) is 0 Å². The number of isocyanates is 2. The number of carboxylic acid groups (broad SMARTS) is 2. The third-order valence-corrected chi connectivity index (χ3v) is 1.59. The second kappa shape index (κ2) is 14.4. The maximum Gasteiger partial charge on any atom is 0.332 e. The van der Waals surface area contributed by atoms with Gasteiger partial charge in [-0.3, -0.25) is 0 Å². The molecule has 100 valence electrons. The summed E-state index contributed by atoms with van der Waals surface area (Å²) >= 11 is 0. The van der Waals surface area contributed by atoms with Crippen LogP contribution in [0.15, 0.2) is 11.1 Å². The summed E-state index contributed by atoms with van der Waals surface area (Å²) in [6.45, 7) is 3.25. The standard InChI is InChI=1S/C8H12O4.2CHNO/c1-3-5(7(9)10)6(4-2)8(11)12;2*2-1-3/h3-4H2,1-2H3,(H,9,10)(H,11,12);2*2H/b6-5+;;. The van der Waals surface area contributed by atoms with E-state index in [4.69, 9.17) is 30.6 Å². The summed E-state index contributed by atoms with van der Waals surface area (Å²) in [6, 6.07) is 0. The molecule has 0 atom stereocenters. The van der Waals surface area contributed by atoms with Crippen LogP contribution in [0.4, 0.5) is 0 Å². The first-order chi connectivity index (χ1) is 8.37. The molecule has 4 N–H and O–H groups in total. The second-order valence-corrected chi connectivity index (χ2v) is 2.48. The molecule has 0 bridgehead atoms. The lowest BCUT2D eigenvalue weighted by Gasteiger charge is -2.03. The number of hydrogen-bond acceptors (Lipinski definition) is 6. The van der Waals surface area contributed by atoms with E-state index in [1.165, 1.54) is 0 Å². The molecule has 0 amide bonds. The molecular formula is C10H14N2O6. The average Bonchev–Trinajstić information content (AvgIpc) is 2.26. The van der Waals surface area contributed by atoms with Crippen molar-refractivity contribution in [1.29, 1.82) is 10.8 Å². The van der Waals surface area contributed by atoms with Crippen LogP contribution in [0, 0.1) is 10.8 Å². The van der Waals surface area contributed by atoms with Crippen molar-refractivity contribution < 1.29 is 29.4 Å². The Bertz CT molecular complexity index is 338. The second-order valence-electron chi connectivity index (χ2n) is 2.48. The Hall–Kier alpha value is -2.56. The number of carbonyl (C=O) groups is 2. The van der Waals surface area contributed by atoms with Gasteiger partial charge < -0.3 is 10.2 Å². The van der Waals surface area contributed by atoms with Gasteiger partial charge >= 0.3 is 11.9 Å². The first-order valence-electron chi connectivity index (χ1n) is 4.64. The number of nitrogens with one attached hydrogen (secondary N) is 2. The summed E-state index contributed by atoms with van der Waals surface area (Å²) in [6.07, 6.45) is 1.98. The van der Waals surface area contributed by atoms with Crippen molar-refractivity contribution in [2.45, 2.75) is 26.7 Å². The van der Waals surface area contributed by atoms with Crippen LogP contribution in [0.5, 0.6) is 0 Å². The van der Waals surface area contributed by atoms with E-state index in [1.54, 1.807) is 13.8 Å². The molecule has 18 heavy (non-hydrogen) atoms. The zero-order valence-electron chi connectivity index (χ0n) is 9.94. The van der Waals surface area contributed by atoms with E-state index in [9.17, 15) is 9.59 Å². The molecule has 0 aliphatic carbocycles. The topological polar surface area (TPSA) is 156 Å². The predicted molar refractivity (Wildman–Crippen MR) is 59.7 cm³/mol. The highest BCUT2D eigenvalue weighted by Gasteiger charge is 2.16. The number of aliphatic carboxylic acids is 2. The van der Waals surface area contributed by atoms with Crippen LogP contribution in [-0.4, -0.2) is 34.3 Å². The lowest BCUT2D eigenvalue weighted by atomic mass is 10.0. The van der Waals surface area contributed by atoms with Crippen LogP contribution in [0.25, 0.3) is 0 Å². The molecule has 0 aliphatic heterocycles. The highest BCUT2D eigenvalue weighted by molar-refractivity contribution is 5.98. The van der Waals surface area contributed by atoms with E-state index in [0.717, 1.165) is 12.2 Å². The van der Waals surface area contributed by atoms with Gasteiger partial charge in [-0.25, -0.2) is 30.0 Å². The van der Waals surface area contributed by atoms with Crippen LogP contribution < -0.4 is 0 Å². The van der Waals surface area contributed by atoms with Gasteiger partial charge in [-0.05, 0) is 12.8 Å². The third kappa shape index (κ3) is 11.5. The van der Waals surface area contributed by atoms with Crippen LogP contribution in [0.1, 0.15) is 26.7 Å². The molecule has 0 saturated carbocycles. The van der Waals surface area contributed by atoms with Crippen LogP contribution in [0.3, 0.4) is 0 Å². The molecule has 0 unspecified atom stereocenters. The van der Waals surface area contributed by atoms with Crippen LogP contribution in [0.2, 0.25) is 0 Å². The smallest absolute Gasteiger partial charge is 0.332 e. The Morgan fingerprint density at radius 3 is 1.11 bits per heavy atom. The van der Waals surface area contributed by atoms with Crippen molar-refractivity contribution in [3.63, 3.8) is 0 Å². The lowest BCUT2D eigenvalue weighted by molar-refractivity contribution is -0.136. The first kappa shape index (κ1) is 20.8. The molecule has 0 aromatic carbocycles. The average molecular weight is 258 g/mol. The Morgan fingerprint density at radius 1 is 0.889 bits per heavy atom. The van der Waals surface area contributed by atoms with E-state index in [2.05, 4.69) is 0 Å². The molecule has 0 rings (SSSR count). The maximum absolute atomic E-state index is 10.5. The van der Waals surface area contributed by atoms with E-state index in [-0.39, 0.29) is 24.0 Å². The molecule has 8 heteroatoms. The summed E-state index contributed by atoms with van der Waals surface area (Å²) < 4.78 is 0. The van der Waals surface area contributed by atoms with E-state index in [1.807, 2.05) is 0 Å². The van der Waals surface area contributed by atoms with Crippen LogP contribution in [-0.2, 0) is 19.2 Å². The SMILES string of the molecule is CC/C(C(=O)O)=C(/CC)C(=O)O.N=C=O.N=C=O. The zero-order valence-corrected chi connectivity index (χ0v) is 9.94.